The summed E-state index contributed by atoms with van der Waals surface area (Å²) < 4.78 is 23.8. The maximum atomic E-state index is 11.9. The molecule has 0 amide bonds. The van der Waals surface area contributed by atoms with Crippen LogP contribution in [0.25, 0.3) is 22.0 Å². The number of fused-ring (bicyclic) bond motifs is 1. The van der Waals surface area contributed by atoms with Crippen molar-refractivity contribution >= 4 is 26.8 Å². The molecule has 0 aliphatic heterocycles. The van der Waals surface area contributed by atoms with E-state index in [0.29, 0.717) is 11.1 Å². The number of hydrogen-bond donors (Lipinski definition) is 4. The van der Waals surface area contributed by atoms with Gasteiger partial charge in [-0.1, -0.05) is 12.1 Å². The van der Waals surface area contributed by atoms with E-state index in [1.807, 2.05) is 29.8 Å². The summed E-state index contributed by atoms with van der Waals surface area (Å²) in [6.07, 6.45) is 3.03. The number of benzene rings is 1. The molecule has 0 saturated carbocycles. The molecular weight excluding hydrogens is 342 g/mol. The average molecular weight is 357 g/mol. The van der Waals surface area contributed by atoms with Crippen molar-refractivity contribution in [2.75, 3.05) is 0 Å². The number of aromatic nitrogens is 2. The molecule has 128 valence electrons. The van der Waals surface area contributed by atoms with Gasteiger partial charge in [0.15, 0.2) is 10.9 Å². The number of sulfonamides is 1. The van der Waals surface area contributed by atoms with Crippen molar-refractivity contribution < 1.29 is 8.42 Å². The zero-order valence-corrected chi connectivity index (χ0v) is 13.7. The molecule has 25 heavy (non-hydrogen) atoms. The SMILES string of the molecule is NN/N=C(\N)c1c(-c2ccc3ncccc3c2)ccnc1S(N)(=O)=O. The van der Waals surface area contributed by atoms with E-state index in [9.17, 15) is 8.42 Å². The van der Waals surface area contributed by atoms with Gasteiger partial charge in [0.25, 0.3) is 10.0 Å². The van der Waals surface area contributed by atoms with Gasteiger partial charge in [0, 0.05) is 17.8 Å². The maximum Gasteiger partial charge on any atom is 0.256 e. The van der Waals surface area contributed by atoms with Gasteiger partial charge in [0.2, 0.25) is 0 Å². The highest BCUT2D eigenvalue weighted by molar-refractivity contribution is 7.89. The van der Waals surface area contributed by atoms with Gasteiger partial charge >= 0.3 is 0 Å². The average Bonchev–Trinajstić information content (AvgIpc) is 2.60. The van der Waals surface area contributed by atoms with E-state index in [1.54, 1.807) is 18.3 Å². The normalized spacial score (nSPS) is 12.3. The lowest BCUT2D eigenvalue weighted by Gasteiger charge is -2.13. The number of nitrogens with one attached hydrogen (secondary N) is 1. The summed E-state index contributed by atoms with van der Waals surface area (Å²) in [4.78, 5) is 8.10. The quantitative estimate of drug-likeness (QED) is 0.221. The molecule has 0 saturated heterocycles. The lowest BCUT2D eigenvalue weighted by atomic mass is 9.99. The number of nitrogens with zero attached hydrogens (tertiary/aromatic N) is 3. The third-order valence-electron chi connectivity index (χ3n) is 3.54. The predicted octanol–water partition coefficient (Wildman–Crippen LogP) is 0.0278. The third kappa shape index (κ3) is 3.26. The molecule has 0 spiro atoms. The number of pyridine rings is 2. The molecule has 0 unspecified atom stereocenters. The first-order valence-electron chi connectivity index (χ1n) is 7.08. The first-order valence-corrected chi connectivity index (χ1v) is 8.62. The molecular formula is C15H15N7O2S. The molecule has 2 heterocycles. The number of rotatable bonds is 4. The Kier molecular flexibility index (Phi) is 4.31. The number of amidine groups is 1. The van der Waals surface area contributed by atoms with Crippen LogP contribution in [0.5, 0.6) is 0 Å². The summed E-state index contributed by atoms with van der Waals surface area (Å²) >= 11 is 0. The second-order valence-electron chi connectivity index (χ2n) is 5.12. The van der Waals surface area contributed by atoms with Crippen LogP contribution >= 0.6 is 0 Å². The van der Waals surface area contributed by atoms with E-state index in [4.69, 9.17) is 16.7 Å². The van der Waals surface area contributed by atoms with Crippen molar-refractivity contribution in [1.29, 1.82) is 0 Å². The molecule has 2 aromatic heterocycles. The van der Waals surface area contributed by atoms with Crippen LogP contribution in [0.2, 0.25) is 0 Å². The van der Waals surface area contributed by atoms with Crippen LogP contribution in [0.4, 0.5) is 0 Å². The van der Waals surface area contributed by atoms with Crippen molar-refractivity contribution in [3.05, 3.63) is 54.4 Å². The first kappa shape index (κ1) is 16.8. The fourth-order valence-electron chi connectivity index (χ4n) is 2.52. The van der Waals surface area contributed by atoms with Crippen LogP contribution in [0.3, 0.4) is 0 Å². The predicted molar refractivity (Wildman–Crippen MR) is 94.4 cm³/mol. The van der Waals surface area contributed by atoms with Crippen LogP contribution in [-0.2, 0) is 10.0 Å². The summed E-state index contributed by atoms with van der Waals surface area (Å²) in [5, 5.41) is 9.43. The van der Waals surface area contributed by atoms with E-state index < -0.39 is 10.0 Å². The Bertz CT molecular complexity index is 1080. The fraction of sp³-hybridized carbons (Fsp3) is 0. The summed E-state index contributed by atoms with van der Waals surface area (Å²) in [6.45, 7) is 0. The Balaban J connectivity index is 2.32. The van der Waals surface area contributed by atoms with Gasteiger partial charge in [-0.3, -0.25) is 4.98 Å². The number of primary sulfonamides is 1. The number of nitrogens with two attached hydrogens (primary N) is 3. The van der Waals surface area contributed by atoms with Crippen molar-refractivity contribution in [2.24, 2.45) is 21.8 Å². The van der Waals surface area contributed by atoms with Crippen LogP contribution in [0.15, 0.2) is 58.9 Å². The van der Waals surface area contributed by atoms with E-state index in [2.05, 4.69) is 15.1 Å². The minimum atomic E-state index is -4.12. The Labute approximate surface area is 143 Å². The van der Waals surface area contributed by atoms with Crippen molar-refractivity contribution in [2.45, 2.75) is 5.03 Å². The summed E-state index contributed by atoms with van der Waals surface area (Å²) in [5.41, 5.74) is 10.0. The smallest absolute Gasteiger partial charge is 0.256 e. The maximum absolute atomic E-state index is 11.9. The van der Waals surface area contributed by atoms with Crippen LogP contribution < -0.4 is 22.3 Å². The Morgan fingerprint density at radius 3 is 2.64 bits per heavy atom. The Morgan fingerprint density at radius 1 is 1.12 bits per heavy atom. The minimum Gasteiger partial charge on any atom is -0.382 e. The Morgan fingerprint density at radius 2 is 1.92 bits per heavy atom. The molecule has 0 bridgehead atoms. The first-order chi connectivity index (χ1) is 11.9. The third-order valence-corrected chi connectivity index (χ3v) is 4.39. The topological polar surface area (TPSA) is 162 Å². The van der Waals surface area contributed by atoms with E-state index in [1.165, 1.54) is 6.20 Å². The largest absolute Gasteiger partial charge is 0.382 e. The fourth-order valence-corrected chi connectivity index (χ4v) is 3.22. The molecule has 3 rings (SSSR count). The lowest BCUT2D eigenvalue weighted by Crippen LogP contribution is -2.27. The monoisotopic (exact) mass is 357 g/mol. The molecule has 10 heteroatoms. The van der Waals surface area contributed by atoms with Gasteiger partial charge in [-0.15, -0.1) is 5.10 Å². The number of hydrazine groups is 1. The molecule has 0 aliphatic rings. The zero-order valence-electron chi connectivity index (χ0n) is 12.9. The Hall–Kier alpha value is -3.08. The second-order valence-corrected chi connectivity index (χ2v) is 6.60. The molecule has 3 aromatic rings. The number of hydrazone groups is 1. The molecule has 0 atom stereocenters. The van der Waals surface area contributed by atoms with Gasteiger partial charge in [-0.05, 0) is 35.4 Å². The summed E-state index contributed by atoms with van der Waals surface area (Å²) in [5.74, 6) is 5.01. The van der Waals surface area contributed by atoms with Crippen LogP contribution in [-0.4, -0.2) is 24.2 Å². The van der Waals surface area contributed by atoms with Gasteiger partial charge in [-0.25, -0.2) is 29.9 Å². The van der Waals surface area contributed by atoms with E-state index >= 15 is 0 Å². The highest BCUT2D eigenvalue weighted by atomic mass is 32.2. The highest BCUT2D eigenvalue weighted by Crippen LogP contribution is 2.29. The number of hydrogen-bond acceptors (Lipinski definition) is 7. The van der Waals surface area contributed by atoms with E-state index in [-0.39, 0.29) is 16.4 Å². The zero-order chi connectivity index (χ0) is 18.0. The van der Waals surface area contributed by atoms with E-state index in [0.717, 1.165) is 10.9 Å². The highest BCUT2D eigenvalue weighted by Gasteiger charge is 2.22. The molecule has 7 N–H and O–H groups in total. The molecule has 0 aliphatic carbocycles. The van der Waals surface area contributed by atoms with Gasteiger partial charge in [0.1, 0.15) is 0 Å². The van der Waals surface area contributed by atoms with Gasteiger partial charge in [0.05, 0.1) is 11.1 Å². The van der Waals surface area contributed by atoms with Crippen molar-refractivity contribution in [3.63, 3.8) is 0 Å². The van der Waals surface area contributed by atoms with Crippen LogP contribution in [0.1, 0.15) is 5.56 Å². The molecule has 9 nitrogen and oxygen atoms in total. The second kappa shape index (κ2) is 6.43. The lowest BCUT2D eigenvalue weighted by molar-refractivity contribution is 0.594. The van der Waals surface area contributed by atoms with Crippen molar-refractivity contribution in [3.8, 4) is 11.1 Å². The van der Waals surface area contributed by atoms with Crippen molar-refractivity contribution in [1.82, 2.24) is 15.5 Å². The van der Waals surface area contributed by atoms with Crippen LogP contribution in [0, 0.1) is 0 Å². The standard InChI is InChI=1S/C15H15N7O2S/c16-14(21-22-17)13-11(5-7-20-15(13)25(18,23)24)9-3-4-12-10(8-9)2-1-6-19-12/h1-8,22H,17H2,(H2,16,21)(H2,18,23,24). The minimum absolute atomic E-state index is 0.0752. The molecule has 0 fully saturated rings. The summed E-state index contributed by atoms with van der Waals surface area (Å²) in [6, 6.07) is 10.8. The molecule has 0 radical (unpaired) electrons. The van der Waals surface area contributed by atoms with Gasteiger partial charge in [-0.2, -0.15) is 0 Å². The molecule has 1 aromatic carbocycles. The van der Waals surface area contributed by atoms with Gasteiger partial charge < -0.3 is 5.73 Å². The summed E-state index contributed by atoms with van der Waals surface area (Å²) in [7, 11) is -4.12.